The predicted molar refractivity (Wildman–Crippen MR) is 116 cm³/mol. The molecule has 0 aliphatic carbocycles. The summed E-state index contributed by atoms with van der Waals surface area (Å²) in [5.41, 5.74) is 0.625. The van der Waals surface area contributed by atoms with Crippen LogP contribution in [0.4, 0.5) is 0 Å². The van der Waals surface area contributed by atoms with Crippen molar-refractivity contribution in [2.24, 2.45) is 0 Å². The average molecular weight is 413 g/mol. The van der Waals surface area contributed by atoms with E-state index < -0.39 is 0 Å². The van der Waals surface area contributed by atoms with Gasteiger partial charge in [-0.05, 0) is 45.7 Å². The fourth-order valence-corrected chi connectivity index (χ4v) is 4.66. The molecule has 2 N–H and O–H groups in total. The molecule has 2 fully saturated rings. The number of amides is 2. The second kappa shape index (κ2) is 8.40. The van der Waals surface area contributed by atoms with Gasteiger partial charge in [-0.2, -0.15) is 0 Å². The Kier molecular flexibility index (Phi) is 5.84. The molecule has 3 heterocycles. The lowest BCUT2D eigenvalue weighted by Gasteiger charge is -2.40. The predicted octanol–water partition coefficient (Wildman–Crippen LogP) is 2.11. The van der Waals surface area contributed by atoms with Crippen LogP contribution in [0.3, 0.4) is 0 Å². The van der Waals surface area contributed by atoms with Gasteiger partial charge >= 0.3 is 0 Å². The fourth-order valence-electron chi connectivity index (χ4n) is 4.66. The number of nitrogens with zero attached hydrogens (tertiary/aromatic N) is 2. The van der Waals surface area contributed by atoms with E-state index in [-0.39, 0.29) is 17.4 Å². The Morgan fingerprint density at radius 3 is 2.43 bits per heavy atom. The van der Waals surface area contributed by atoms with E-state index in [0.29, 0.717) is 31.7 Å². The highest BCUT2D eigenvalue weighted by Gasteiger charge is 2.41. The van der Waals surface area contributed by atoms with Crippen LogP contribution in [0.15, 0.2) is 34.7 Å². The van der Waals surface area contributed by atoms with Crippen LogP contribution in [0.2, 0.25) is 0 Å². The van der Waals surface area contributed by atoms with E-state index in [1.807, 2.05) is 51.1 Å². The third-order valence-corrected chi connectivity index (χ3v) is 5.85. The molecule has 2 unspecified atom stereocenters. The van der Waals surface area contributed by atoms with E-state index in [1.165, 1.54) is 0 Å². The van der Waals surface area contributed by atoms with Crippen LogP contribution in [0.25, 0.3) is 11.0 Å². The monoisotopic (exact) mass is 412 g/mol. The van der Waals surface area contributed by atoms with E-state index in [1.54, 1.807) is 0 Å². The quantitative estimate of drug-likeness (QED) is 0.760. The number of rotatable bonds is 6. The molecule has 2 aromatic rings. The largest absolute Gasteiger partial charge is 0.459 e. The highest BCUT2D eigenvalue weighted by atomic mass is 16.3. The maximum absolute atomic E-state index is 12.5. The van der Waals surface area contributed by atoms with Crippen molar-refractivity contribution in [1.29, 1.82) is 0 Å². The SMILES string of the molecule is CC(C)(C)NC(=O)CN1C2CCC1CN(CC(=O)NCc1cc3ccccc3o1)C2. The van der Waals surface area contributed by atoms with Gasteiger partial charge in [0.15, 0.2) is 0 Å². The van der Waals surface area contributed by atoms with Crippen LogP contribution < -0.4 is 10.6 Å². The summed E-state index contributed by atoms with van der Waals surface area (Å²) in [7, 11) is 0. The maximum Gasteiger partial charge on any atom is 0.234 e. The number of carbonyl (C=O) groups is 2. The number of fused-ring (bicyclic) bond motifs is 3. The number of piperazine rings is 1. The third-order valence-electron chi connectivity index (χ3n) is 5.85. The van der Waals surface area contributed by atoms with Crippen LogP contribution in [-0.4, -0.2) is 65.4 Å². The zero-order valence-corrected chi connectivity index (χ0v) is 18.1. The number of carbonyl (C=O) groups excluding carboxylic acids is 2. The van der Waals surface area contributed by atoms with Gasteiger partial charge in [-0.15, -0.1) is 0 Å². The smallest absolute Gasteiger partial charge is 0.234 e. The van der Waals surface area contributed by atoms with Crippen LogP contribution in [0, 0.1) is 0 Å². The highest BCUT2D eigenvalue weighted by Crippen LogP contribution is 2.29. The molecule has 1 aromatic carbocycles. The van der Waals surface area contributed by atoms with Crippen LogP contribution in [0.1, 0.15) is 39.4 Å². The molecule has 1 aromatic heterocycles. The summed E-state index contributed by atoms with van der Waals surface area (Å²) in [5, 5.41) is 7.07. The normalized spacial score (nSPS) is 22.4. The molecular weight excluding hydrogens is 380 g/mol. The van der Waals surface area contributed by atoms with Gasteiger partial charge in [0.2, 0.25) is 11.8 Å². The Hall–Kier alpha value is -2.38. The van der Waals surface area contributed by atoms with Gasteiger partial charge < -0.3 is 15.1 Å². The molecule has 2 aliphatic rings. The van der Waals surface area contributed by atoms with Crippen LogP contribution >= 0.6 is 0 Å². The number of benzene rings is 1. The number of hydrogen-bond acceptors (Lipinski definition) is 5. The second-order valence-electron chi connectivity index (χ2n) is 9.58. The fraction of sp³-hybridized carbons (Fsp3) is 0.565. The first-order valence-corrected chi connectivity index (χ1v) is 10.8. The lowest BCUT2D eigenvalue weighted by molar-refractivity contribution is -0.127. The Labute approximate surface area is 177 Å². The number of hydrogen-bond donors (Lipinski definition) is 2. The van der Waals surface area contributed by atoms with E-state index in [2.05, 4.69) is 20.4 Å². The van der Waals surface area contributed by atoms with Crippen molar-refractivity contribution in [1.82, 2.24) is 20.4 Å². The Balaban J connectivity index is 1.25. The van der Waals surface area contributed by atoms with Gasteiger partial charge in [0.25, 0.3) is 0 Å². The van der Waals surface area contributed by atoms with Gasteiger partial charge in [0.1, 0.15) is 11.3 Å². The highest BCUT2D eigenvalue weighted by molar-refractivity contribution is 5.80. The summed E-state index contributed by atoms with van der Waals surface area (Å²) in [6.45, 7) is 8.89. The molecule has 2 amide bonds. The standard InChI is InChI=1S/C23H32N4O3/c1-23(2,3)25-22(29)15-27-17-8-9-18(27)13-26(12-17)14-21(28)24-11-19-10-16-6-4-5-7-20(16)30-19/h4-7,10,17-18H,8-9,11-15H2,1-3H3,(H,24,28)(H,25,29). The lowest BCUT2D eigenvalue weighted by Crippen LogP contribution is -2.58. The molecule has 4 rings (SSSR count). The second-order valence-corrected chi connectivity index (χ2v) is 9.58. The first-order valence-electron chi connectivity index (χ1n) is 10.8. The minimum Gasteiger partial charge on any atom is -0.459 e. The lowest BCUT2D eigenvalue weighted by atomic mass is 10.1. The number of furan rings is 1. The minimum absolute atomic E-state index is 0.00813. The van der Waals surface area contributed by atoms with Gasteiger partial charge in [-0.25, -0.2) is 0 Å². The first-order chi connectivity index (χ1) is 14.3. The number of nitrogens with one attached hydrogen (secondary N) is 2. The molecule has 0 radical (unpaired) electrons. The molecule has 0 spiro atoms. The summed E-state index contributed by atoms with van der Waals surface area (Å²) in [6, 6.07) is 10.5. The maximum atomic E-state index is 12.5. The molecule has 2 saturated heterocycles. The van der Waals surface area contributed by atoms with Crippen molar-refractivity contribution in [2.45, 2.75) is 57.8 Å². The van der Waals surface area contributed by atoms with Gasteiger partial charge in [0, 0.05) is 36.1 Å². The van der Waals surface area contributed by atoms with E-state index in [4.69, 9.17) is 4.42 Å². The molecule has 2 atom stereocenters. The van der Waals surface area contributed by atoms with Gasteiger partial charge in [-0.3, -0.25) is 19.4 Å². The van der Waals surface area contributed by atoms with Crippen LogP contribution in [0.5, 0.6) is 0 Å². The molecule has 2 bridgehead atoms. The average Bonchev–Trinajstić information content (AvgIpc) is 3.16. The van der Waals surface area contributed by atoms with Crippen molar-refractivity contribution in [3.63, 3.8) is 0 Å². The van der Waals surface area contributed by atoms with Gasteiger partial charge in [-0.1, -0.05) is 18.2 Å². The van der Waals surface area contributed by atoms with Crippen molar-refractivity contribution >= 4 is 22.8 Å². The minimum atomic E-state index is -0.212. The van der Waals surface area contributed by atoms with E-state index >= 15 is 0 Å². The van der Waals surface area contributed by atoms with Crippen molar-refractivity contribution in [3.05, 3.63) is 36.1 Å². The molecular formula is C23H32N4O3. The molecule has 0 saturated carbocycles. The van der Waals surface area contributed by atoms with Gasteiger partial charge in [0.05, 0.1) is 19.6 Å². The number of para-hydroxylation sites is 1. The van der Waals surface area contributed by atoms with Crippen molar-refractivity contribution < 1.29 is 14.0 Å². The van der Waals surface area contributed by atoms with Crippen molar-refractivity contribution in [2.75, 3.05) is 26.2 Å². The van der Waals surface area contributed by atoms with E-state index in [9.17, 15) is 9.59 Å². The number of likely N-dealkylation sites (tertiary alicyclic amines) is 1. The Morgan fingerprint density at radius 2 is 1.77 bits per heavy atom. The zero-order chi connectivity index (χ0) is 21.3. The summed E-state index contributed by atoms with van der Waals surface area (Å²) in [5.74, 6) is 0.851. The molecule has 7 heteroatoms. The van der Waals surface area contributed by atoms with E-state index in [0.717, 1.165) is 42.7 Å². The molecule has 2 aliphatic heterocycles. The molecule has 30 heavy (non-hydrogen) atoms. The van der Waals surface area contributed by atoms with Crippen molar-refractivity contribution in [3.8, 4) is 0 Å². The topological polar surface area (TPSA) is 77.8 Å². The summed E-state index contributed by atoms with van der Waals surface area (Å²) >= 11 is 0. The van der Waals surface area contributed by atoms with Crippen LogP contribution in [-0.2, 0) is 16.1 Å². The summed E-state index contributed by atoms with van der Waals surface area (Å²) in [6.07, 6.45) is 2.18. The molecule has 162 valence electrons. The summed E-state index contributed by atoms with van der Waals surface area (Å²) in [4.78, 5) is 29.4. The molecule has 7 nitrogen and oxygen atoms in total. The summed E-state index contributed by atoms with van der Waals surface area (Å²) < 4.78 is 5.77. The first kappa shape index (κ1) is 20.9. The Morgan fingerprint density at radius 1 is 1.07 bits per heavy atom. The zero-order valence-electron chi connectivity index (χ0n) is 18.1. The Bertz CT molecular complexity index is 870. The third kappa shape index (κ3) is 5.02.